The average molecular weight is 383 g/mol. The number of hydrogen-bond donors (Lipinski definition) is 1. The van der Waals surface area contributed by atoms with Crippen LogP contribution in [0.4, 0.5) is 4.79 Å². The number of thiazole rings is 1. The molecule has 0 radical (unpaired) electrons. The lowest BCUT2D eigenvalue weighted by molar-refractivity contribution is 0.0508. The van der Waals surface area contributed by atoms with Gasteiger partial charge in [0.1, 0.15) is 10.6 Å². The van der Waals surface area contributed by atoms with Crippen molar-refractivity contribution in [2.75, 3.05) is 0 Å². The van der Waals surface area contributed by atoms with Gasteiger partial charge in [-0.2, -0.15) is 0 Å². The summed E-state index contributed by atoms with van der Waals surface area (Å²) in [5.74, 6) is 0. The molecule has 0 spiro atoms. The van der Waals surface area contributed by atoms with Gasteiger partial charge < -0.3 is 10.1 Å². The molecule has 4 nitrogen and oxygen atoms in total. The molecule has 22 heavy (non-hydrogen) atoms. The van der Waals surface area contributed by atoms with Gasteiger partial charge in [0, 0.05) is 15.4 Å². The molecule has 1 aromatic carbocycles. The monoisotopic (exact) mass is 382 g/mol. The average Bonchev–Trinajstić information content (AvgIpc) is 2.86. The van der Waals surface area contributed by atoms with Crippen LogP contribution in [0.3, 0.4) is 0 Å². The molecule has 6 heteroatoms. The molecule has 1 heterocycles. The molecule has 0 saturated heterocycles. The maximum absolute atomic E-state index is 11.8. The minimum Gasteiger partial charge on any atom is -0.444 e. The van der Waals surface area contributed by atoms with Crippen molar-refractivity contribution in [2.45, 2.75) is 39.3 Å². The Kier molecular flexibility index (Phi) is 5.24. The minimum absolute atomic E-state index is 0.191. The van der Waals surface area contributed by atoms with E-state index >= 15 is 0 Å². The van der Waals surface area contributed by atoms with Crippen molar-refractivity contribution in [2.24, 2.45) is 0 Å². The summed E-state index contributed by atoms with van der Waals surface area (Å²) < 4.78 is 6.29. The van der Waals surface area contributed by atoms with Crippen LogP contribution in [-0.2, 0) is 4.74 Å². The van der Waals surface area contributed by atoms with Gasteiger partial charge in [0.15, 0.2) is 0 Å². The van der Waals surface area contributed by atoms with E-state index in [0.29, 0.717) is 0 Å². The molecule has 1 atom stereocenters. The summed E-state index contributed by atoms with van der Waals surface area (Å²) in [5.41, 5.74) is 1.45. The number of benzene rings is 1. The van der Waals surface area contributed by atoms with Crippen molar-refractivity contribution in [3.63, 3.8) is 0 Å². The third-order valence-electron chi connectivity index (χ3n) is 2.77. The summed E-state index contributed by atoms with van der Waals surface area (Å²) in [6, 6.07) is 7.79. The van der Waals surface area contributed by atoms with Crippen molar-refractivity contribution in [3.8, 4) is 11.3 Å². The zero-order valence-corrected chi connectivity index (χ0v) is 15.4. The van der Waals surface area contributed by atoms with Crippen molar-refractivity contribution < 1.29 is 9.53 Å². The van der Waals surface area contributed by atoms with Gasteiger partial charge in [0.25, 0.3) is 0 Å². The van der Waals surface area contributed by atoms with E-state index in [0.717, 1.165) is 20.7 Å². The number of nitrogens with zero attached hydrogens (tertiary/aromatic N) is 1. The van der Waals surface area contributed by atoms with Gasteiger partial charge in [0.05, 0.1) is 11.7 Å². The number of carbonyl (C=O) groups is 1. The quantitative estimate of drug-likeness (QED) is 0.797. The Morgan fingerprint density at radius 1 is 1.32 bits per heavy atom. The van der Waals surface area contributed by atoms with Crippen LogP contribution in [0, 0.1) is 0 Å². The van der Waals surface area contributed by atoms with Crippen LogP contribution in [0.15, 0.2) is 34.1 Å². The molecule has 118 valence electrons. The fourth-order valence-electron chi connectivity index (χ4n) is 1.79. The summed E-state index contributed by atoms with van der Waals surface area (Å²) in [6.07, 6.45) is -0.430. The lowest BCUT2D eigenvalue weighted by atomic mass is 10.2. The highest BCUT2D eigenvalue weighted by atomic mass is 79.9. The topological polar surface area (TPSA) is 51.2 Å². The summed E-state index contributed by atoms with van der Waals surface area (Å²) in [5, 5.41) is 5.65. The number of ether oxygens (including phenoxy) is 1. The van der Waals surface area contributed by atoms with Crippen LogP contribution in [-0.4, -0.2) is 16.7 Å². The van der Waals surface area contributed by atoms with Gasteiger partial charge in [0.2, 0.25) is 0 Å². The van der Waals surface area contributed by atoms with Gasteiger partial charge in [-0.1, -0.05) is 28.1 Å². The Morgan fingerprint density at radius 3 is 2.55 bits per heavy atom. The zero-order chi connectivity index (χ0) is 16.3. The second-order valence-corrected chi connectivity index (χ2v) is 7.75. The molecular formula is C16H19BrN2O2S. The molecule has 1 amide bonds. The van der Waals surface area contributed by atoms with Gasteiger partial charge in [-0.25, -0.2) is 9.78 Å². The summed E-state index contributed by atoms with van der Waals surface area (Å²) >= 11 is 4.94. The molecule has 0 fully saturated rings. The fraction of sp³-hybridized carbons (Fsp3) is 0.375. The number of alkyl carbamates (subject to hydrolysis) is 1. The summed E-state index contributed by atoms with van der Waals surface area (Å²) in [4.78, 5) is 16.4. The molecule has 0 aliphatic rings. The standard InChI is InChI=1S/C16H19BrN2O2S/c1-10(18-15(20)21-16(2,3)4)14-19-13(9-22-14)11-5-7-12(17)8-6-11/h5-10H,1-4H3,(H,18,20). The van der Waals surface area contributed by atoms with Crippen LogP contribution in [0.5, 0.6) is 0 Å². The Morgan fingerprint density at radius 2 is 1.95 bits per heavy atom. The zero-order valence-electron chi connectivity index (χ0n) is 13.0. The van der Waals surface area contributed by atoms with E-state index in [1.165, 1.54) is 11.3 Å². The summed E-state index contributed by atoms with van der Waals surface area (Å²) in [6.45, 7) is 7.42. The number of nitrogens with one attached hydrogen (secondary N) is 1. The van der Waals surface area contributed by atoms with Crippen molar-refractivity contribution in [1.29, 1.82) is 0 Å². The first-order valence-corrected chi connectivity index (χ1v) is 8.63. The van der Waals surface area contributed by atoms with E-state index < -0.39 is 11.7 Å². The number of hydrogen-bond acceptors (Lipinski definition) is 4. The van der Waals surface area contributed by atoms with Gasteiger partial charge in [-0.15, -0.1) is 11.3 Å². The molecule has 0 aliphatic carbocycles. The number of carbonyl (C=O) groups excluding carboxylic acids is 1. The third-order valence-corrected chi connectivity index (χ3v) is 4.32. The first-order chi connectivity index (χ1) is 10.2. The Labute approximate surface area is 143 Å². The van der Waals surface area contributed by atoms with Crippen molar-refractivity contribution in [1.82, 2.24) is 10.3 Å². The van der Waals surface area contributed by atoms with E-state index in [-0.39, 0.29) is 6.04 Å². The van der Waals surface area contributed by atoms with E-state index in [2.05, 4.69) is 26.2 Å². The number of aromatic nitrogens is 1. The molecule has 1 aromatic heterocycles. The molecule has 2 aromatic rings. The molecule has 0 saturated carbocycles. The lowest BCUT2D eigenvalue weighted by Crippen LogP contribution is -2.34. The fourth-order valence-corrected chi connectivity index (χ4v) is 2.89. The second kappa shape index (κ2) is 6.79. The highest BCUT2D eigenvalue weighted by molar-refractivity contribution is 9.10. The highest BCUT2D eigenvalue weighted by Crippen LogP contribution is 2.26. The van der Waals surface area contributed by atoms with E-state index in [4.69, 9.17) is 4.74 Å². The van der Waals surface area contributed by atoms with Gasteiger partial charge >= 0.3 is 6.09 Å². The second-order valence-electron chi connectivity index (χ2n) is 5.95. The number of rotatable bonds is 3. The smallest absolute Gasteiger partial charge is 0.408 e. The van der Waals surface area contributed by atoms with Gasteiger partial charge in [-0.3, -0.25) is 0 Å². The lowest BCUT2D eigenvalue weighted by Gasteiger charge is -2.21. The van der Waals surface area contributed by atoms with Crippen LogP contribution in [0.1, 0.15) is 38.7 Å². The van der Waals surface area contributed by atoms with Gasteiger partial charge in [-0.05, 0) is 39.8 Å². The van der Waals surface area contributed by atoms with E-state index in [1.54, 1.807) is 0 Å². The first kappa shape index (κ1) is 17.0. The predicted molar refractivity (Wildman–Crippen MR) is 93.0 cm³/mol. The van der Waals surface area contributed by atoms with E-state index in [1.807, 2.05) is 57.3 Å². The molecule has 1 unspecified atom stereocenters. The van der Waals surface area contributed by atoms with Crippen LogP contribution in [0.25, 0.3) is 11.3 Å². The SMILES string of the molecule is CC(NC(=O)OC(C)(C)C)c1nc(-c2ccc(Br)cc2)cs1. The van der Waals surface area contributed by atoms with Crippen molar-refractivity contribution in [3.05, 3.63) is 39.1 Å². The van der Waals surface area contributed by atoms with Crippen LogP contribution >= 0.6 is 27.3 Å². The maximum atomic E-state index is 11.8. The minimum atomic E-state index is -0.505. The van der Waals surface area contributed by atoms with E-state index in [9.17, 15) is 4.79 Å². The van der Waals surface area contributed by atoms with Crippen molar-refractivity contribution >= 4 is 33.4 Å². The highest BCUT2D eigenvalue weighted by Gasteiger charge is 2.19. The third kappa shape index (κ3) is 4.81. The molecule has 2 rings (SSSR count). The Bertz CT molecular complexity index is 647. The maximum Gasteiger partial charge on any atom is 0.408 e. The molecular weight excluding hydrogens is 364 g/mol. The molecule has 0 bridgehead atoms. The first-order valence-electron chi connectivity index (χ1n) is 6.95. The predicted octanol–water partition coefficient (Wildman–Crippen LogP) is 5.16. The number of amides is 1. The summed E-state index contributed by atoms with van der Waals surface area (Å²) in [7, 11) is 0. The Hall–Kier alpha value is -1.40. The largest absolute Gasteiger partial charge is 0.444 e. The van der Waals surface area contributed by atoms with Crippen LogP contribution in [0.2, 0.25) is 0 Å². The normalized spacial score (nSPS) is 12.8. The Balaban J connectivity index is 2.04. The number of halogens is 1. The van der Waals surface area contributed by atoms with Crippen LogP contribution < -0.4 is 5.32 Å². The molecule has 0 aliphatic heterocycles. The molecule has 1 N–H and O–H groups in total.